The second-order valence-corrected chi connectivity index (χ2v) is 3.88. The standard InChI is InChI=1S/C13H18O3/c1-4-5-6-11-9(2)7-10(13(14)15)8-12(11)16-3/h7-8H,4-6H2,1-3H3,(H,14,15). The van der Waals surface area contributed by atoms with Gasteiger partial charge in [-0.25, -0.2) is 4.79 Å². The molecular formula is C13H18O3. The van der Waals surface area contributed by atoms with E-state index in [9.17, 15) is 4.79 Å². The van der Waals surface area contributed by atoms with Crippen LogP contribution in [0.4, 0.5) is 0 Å². The molecule has 1 aromatic rings. The highest BCUT2D eigenvalue weighted by Crippen LogP contribution is 2.26. The van der Waals surface area contributed by atoms with Gasteiger partial charge in [0.15, 0.2) is 0 Å². The molecule has 1 N–H and O–H groups in total. The van der Waals surface area contributed by atoms with Gasteiger partial charge in [-0.1, -0.05) is 13.3 Å². The first-order chi connectivity index (χ1) is 7.60. The van der Waals surface area contributed by atoms with Crippen molar-refractivity contribution in [3.63, 3.8) is 0 Å². The Labute approximate surface area is 96.1 Å². The molecule has 0 amide bonds. The van der Waals surface area contributed by atoms with Crippen LogP contribution < -0.4 is 4.74 Å². The summed E-state index contributed by atoms with van der Waals surface area (Å²) in [5.41, 5.74) is 2.40. The molecule has 16 heavy (non-hydrogen) atoms. The molecule has 0 spiro atoms. The third kappa shape index (κ3) is 2.75. The minimum Gasteiger partial charge on any atom is -0.496 e. The second-order valence-electron chi connectivity index (χ2n) is 3.88. The minimum absolute atomic E-state index is 0.287. The Hall–Kier alpha value is -1.51. The maximum atomic E-state index is 10.9. The van der Waals surface area contributed by atoms with Gasteiger partial charge in [-0.05, 0) is 43.0 Å². The Morgan fingerprint density at radius 2 is 2.12 bits per heavy atom. The van der Waals surface area contributed by atoms with Crippen LogP contribution in [0.3, 0.4) is 0 Å². The number of methoxy groups -OCH3 is 1. The van der Waals surface area contributed by atoms with E-state index in [0.717, 1.165) is 30.4 Å². The van der Waals surface area contributed by atoms with Gasteiger partial charge in [-0.3, -0.25) is 0 Å². The van der Waals surface area contributed by atoms with Crippen molar-refractivity contribution in [2.45, 2.75) is 33.1 Å². The zero-order valence-electron chi connectivity index (χ0n) is 10.0. The minimum atomic E-state index is -0.913. The number of hydrogen-bond acceptors (Lipinski definition) is 2. The van der Waals surface area contributed by atoms with Crippen molar-refractivity contribution in [1.29, 1.82) is 0 Å². The van der Waals surface area contributed by atoms with Crippen molar-refractivity contribution >= 4 is 5.97 Å². The van der Waals surface area contributed by atoms with Crippen LogP contribution in [0.5, 0.6) is 5.75 Å². The van der Waals surface area contributed by atoms with E-state index in [1.165, 1.54) is 0 Å². The number of hydrogen-bond donors (Lipinski definition) is 1. The summed E-state index contributed by atoms with van der Waals surface area (Å²) >= 11 is 0. The SMILES string of the molecule is CCCCc1c(C)cc(C(=O)O)cc1OC. The Kier molecular flexibility index (Phi) is 4.35. The summed E-state index contributed by atoms with van der Waals surface area (Å²) in [6, 6.07) is 3.30. The van der Waals surface area contributed by atoms with Crippen molar-refractivity contribution in [3.8, 4) is 5.75 Å². The van der Waals surface area contributed by atoms with E-state index in [0.29, 0.717) is 5.75 Å². The lowest BCUT2D eigenvalue weighted by atomic mass is 9.99. The molecule has 0 saturated heterocycles. The smallest absolute Gasteiger partial charge is 0.335 e. The predicted octanol–water partition coefficient (Wildman–Crippen LogP) is 3.04. The predicted molar refractivity (Wildman–Crippen MR) is 63.3 cm³/mol. The molecule has 0 heterocycles. The third-order valence-corrected chi connectivity index (χ3v) is 2.68. The molecule has 0 saturated carbocycles. The Morgan fingerprint density at radius 3 is 2.62 bits per heavy atom. The van der Waals surface area contributed by atoms with E-state index in [1.54, 1.807) is 19.2 Å². The number of carboxylic acid groups (broad SMARTS) is 1. The number of rotatable bonds is 5. The molecule has 0 fully saturated rings. The number of aromatic carboxylic acids is 1. The van der Waals surface area contributed by atoms with Crippen LogP contribution in [0.25, 0.3) is 0 Å². The van der Waals surface area contributed by atoms with Crippen LogP contribution in [0, 0.1) is 6.92 Å². The van der Waals surface area contributed by atoms with Gasteiger partial charge in [-0.15, -0.1) is 0 Å². The van der Waals surface area contributed by atoms with Crippen molar-refractivity contribution in [2.75, 3.05) is 7.11 Å². The van der Waals surface area contributed by atoms with Crippen molar-refractivity contribution < 1.29 is 14.6 Å². The summed E-state index contributed by atoms with van der Waals surface area (Å²) in [5, 5.41) is 8.94. The number of carbonyl (C=O) groups is 1. The van der Waals surface area contributed by atoms with E-state index in [-0.39, 0.29) is 5.56 Å². The van der Waals surface area contributed by atoms with Crippen LogP contribution in [-0.4, -0.2) is 18.2 Å². The first-order valence-electron chi connectivity index (χ1n) is 5.51. The van der Waals surface area contributed by atoms with Crippen LogP contribution >= 0.6 is 0 Å². The maximum absolute atomic E-state index is 10.9. The van der Waals surface area contributed by atoms with Crippen molar-refractivity contribution in [2.24, 2.45) is 0 Å². The lowest BCUT2D eigenvalue weighted by Gasteiger charge is -2.12. The highest BCUT2D eigenvalue weighted by Gasteiger charge is 2.11. The lowest BCUT2D eigenvalue weighted by Crippen LogP contribution is -2.02. The number of ether oxygens (including phenoxy) is 1. The van der Waals surface area contributed by atoms with Crippen LogP contribution in [0.2, 0.25) is 0 Å². The molecule has 0 aromatic heterocycles. The molecule has 3 nitrogen and oxygen atoms in total. The summed E-state index contributed by atoms with van der Waals surface area (Å²) in [6.45, 7) is 4.06. The number of unbranched alkanes of at least 4 members (excludes halogenated alkanes) is 1. The van der Waals surface area contributed by atoms with E-state index >= 15 is 0 Å². The number of carboxylic acids is 1. The normalized spacial score (nSPS) is 10.2. The molecule has 0 aliphatic rings. The Bertz CT molecular complexity index is 383. The summed E-state index contributed by atoms with van der Waals surface area (Å²) in [5.74, 6) is -0.228. The zero-order chi connectivity index (χ0) is 12.1. The monoisotopic (exact) mass is 222 g/mol. The van der Waals surface area contributed by atoms with Gasteiger partial charge < -0.3 is 9.84 Å². The average molecular weight is 222 g/mol. The quantitative estimate of drug-likeness (QED) is 0.832. The molecule has 0 aliphatic heterocycles. The molecule has 0 atom stereocenters. The average Bonchev–Trinajstić information content (AvgIpc) is 2.26. The molecular weight excluding hydrogens is 204 g/mol. The zero-order valence-corrected chi connectivity index (χ0v) is 10.0. The first-order valence-corrected chi connectivity index (χ1v) is 5.51. The lowest BCUT2D eigenvalue weighted by molar-refractivity contribution is 0.0696. The Morgan fingerprint density at radius 1 is 1.44 bits per heavy atom. The fourth-order valence-electron chi connectivity index (χ4n) is 1.76. The summed E-state index contributed by atoms with van der Waals surface area (Å²) in [6.07, 6.45) is 3.14. The van der Waals surface area contributed by atoms with Crippen molar-refractivity contribution in [1.82, 2.24) is 0 Å². The van der Waals surface area contributed by atoms with Crippen LogP contribution in [-0.2, 0) is 6.42 Å². The van der Waals surface area contributed by atoms with E-state index in [4.69, 9.17) is 9.84 Å². The highest BCUT2D eigenvalue weighted by molar-refractivity contribution is 5.88. The van der Waals surface area contributed by atoms with Gasteiger partial charge >= 0.3 is 5.97 Å². The fourth-order valence-corrected chi connectivity index (χ4v) is 1.76. The molecule has 88 valence electrons. The number of benzene rings is 1. The molecule has 1 aromatic carbocycles. The maximum Gasteiger partial charge on any atom is 0.335 e. The Balaban J connectivity index is 3.12. The van der Waals surface area contributed by atoms with E-state index in [1.807, 2.05) is 6.92 Å². The summed E-state index contributed by atoms with van der Waals surface area (Å²) in [7, 11) is 1.58. The first kappa shape index (κ1) is 12.6. The van der Waals surface area contributed by atoms with Crippen LogP contribution in [0.15, 0.2) is 12.1 Å². The van der Waals surface area contributed by atoms with Gasteiger partial charge in [0, 0.05) is 0 Å². The fraction of sp³-hybridized carbons (Fsp3) is 0.462. The topological polar surface area (TPSA) is 46.5 Å². The third-order valence-electron chi connectivity index (χ3n) is 2.68. The highest BCUT2D eigenvalue weighted by atomic mass is 16.5. The molecule has 0 aliphatic carbocycles. The number of aryl methyl sites for hydroxylation is 1. The van der Waals surface area contributed by atoms with Crippen LogP contribution in [0.1, 0.15) is 41.3 Å². The van der Waals surface area contributed by atoms with E-state index < -0.39 is 5.97 Å². The van der Waals surface area contributed by atoms with Gasteiger partial charge in [0.2, 0.25) is 0 Å². The van der Waals surface area contributed by atoms with Gasteiger partial charge in [0.1, 0.15) is 5.75 Å². The largest absolute Gasteiger partial charge is 0.496 e. The molecule has 0 bridgehead atoms. The summed E-state index contributed by atoms with van der Waals surface area (Å²) < 4.78 is 5.25. The summed E-state index contributed by atoms with van der Waals surface area (Å²) in [4.78, 5) is 10.9. The van der Waals surface area contributed by atoms with Crippen molar-refractivity contribution in [3.05, 3.63) is 28.8 Å². The van der Waals surface area contributed by atoms with E-state index in [2.05, 4.69) is 6.92 Å². The van der Waals surface area contributed by atoms with Gasteiger partial charge in [0.05, 0.1) is 12.7 Å². The molecule has 1 rings (SSSR count). The van der Waals surface area contributed by atoms with Gasteiger partial charge in [0.25, 0.3) is 0 Å². The molecule has 3 heteroatoms. The molecule has 0 radical (unpaired) electrons. The second kappa shape index (κ2) is 5.54. The van der Waals surface area contributed by atoms with Gasteiger partial charge in [-0.2, -0.15) is 0 Å². The molecule has 0 unspecified atom stereocenters.